The molecule has 0 aromatic heterocycles. The largest absolute Gasteiger partial charge is 0.488 e. The molecule has 0 heterocycles. The quantitative estimate of drug-likeness (QED) is 0.391. The summed E-state index contributed by atoms with van der Waals surface area (Å²) >= 11 is 6.53. The predicted molar refractivity (Wildman–Crippen MR) is 84.2 cm³/mol. The summed E-state index contributed by atoms with van der Waals surface area (Å²) in [5.41, 5.74) is 1.04. The second-order valence-electron chi connectivity index (χ2n) is 4.21. The Bertz CT molecular complexity index is 679. The number of hydrogen-bond donors (Lipinski definition) is 0. The molecule has 0 fully saturated rings. The van der Waals surface area contributed by atoms with Crippen LogP contribution in [0.5, 0.6) is 5.75 Å². The van der Waals surface area contributed by atoms with Crippen LogP contribution in [0.1, 0.15) is 11.1 Å². The molecule has 0 saturated heterocycles. The molecule has 0 bridgehead atoms. The Balaban J connectivity index is 2.19. The van der Waals surface area contributed by atoms with Gasteiger partial charge in [-0.1, -0.05) is 31.9 Å². The Morgan fingerprint density at radius 3 is 2.62 bits per heavy atom. The van der Waals surface area contributed by atoms with Gasteiger partial charge in [0.25, 0.3) is 5.69 Å². The molecule has 2 rings (SSSR count). The Hall–Kier alpha value is -1.47. The van der Waals surface area contributed by atoms with Gasteiger partial charge in [0, 0.05) is 33.1 Å². The summed E-state index contributed by atoms with van der Waals surface area (Å²) in [6.45, 7) is 0.0447. The number of alkyl halides is 1. The molecule has 0 atom stereocenters. The molecule has 0 aliphatic carbocycles. The van der Waals surface area contributed by atoms with Crippen LogP contribution in [0.3, 0.4) is 0 Å². The van der Waals surface area contributed by atoms with E-state index in [4.69, 9.17) is 4.74 Å². The first kappa shape index (κ1) is 15.9. The molecule has 110 valence electrons. The summed E-state index contributed by atoms with van der Waals surface area (Å²) in [7, 11) is 0. The zero-order valence-corrected chi connectivity index (χ0v) is 13.9. The topological polar surface area (TPSA) is 52.4 Å². The number of benzene rings is 2. The summed E-state index contributed by atoms with van der Waals surface area (Å²) in [5.74, 6) is 0.123. The van der Waals surface area contributed by atoms with E-state index in [0.29, 0.717) is 22.2 Å². The van der Waals surface area contributed by atoms with Crippen LogP contribution in [0.25, 0.3) is 0 Å². The van der Waals surface area contributed by atoms with Crippen LogP contribution in [0, 0.1) is 15.9 Å². The lowest BCUT2D eigenvalue weighted by atomic mass is 10.2. The summed E-state index contributed by atoms with van der Waals surface area (Å²) in [4.78, 5) is 10.3. The van der Waals surface area contributed by atoms with Gasteiger partial charge < -0.3 is 4.74 Å². The van der Waals surface area contributed by atoms with Crippen molar-refractivity contribution in [2.24, 2.45) is 0 Å². The van der Waals surface area contributed by atoms with Gasteiger partial charge in [-0.15, -0.1) is 0 Å². The fourth-order valence-corrected chi connectivity index (χ4v) is 2.58. The molecule has 0 aliphatic rings. The van der Waals surface area contributed by atoms with Crippen LogP contribution in [0.15, 0.2) is 40.9 Å². The van der Waals surface area contributed by atoms with Crippen LogP contribution in [-0.4, -0.2) is 4.92 Å². The van der Waals surface area contributed by atoms with E-state index in [9.17, 15) is 14.5 Å². The maximum absolute atomic E-state index is 13.6. The van der Waals surface area contributed by atoms with Gasteiger partial charge in [0.15, 0.2) is 0 Å². The first-order chi connectivity index (χ1) is 10.0. The Labute approximate surface area is 137 Å². The number of nitro benzene ring substituents is 1. The second kappa shape index (κ2) is 7.00. The SMILES string of the molecule is O=[N+]([O-])c1ccc(OCc2cc(Br)ccc2F)c(CBr)c1. The average molecular weight is 419 g/mol. The van der Waals surface area contributed by atoms with Crippen LogP contribution >= 0.6 is 31.9 Å². The van der Waals surface area contributed by atoms with Crippen LogP contribution in [0.2, 0.25) is 0 Å². The van der Waals surface area contributed by atoms with Crippen LogP contribution < -0.4 is 4.74 Å². The maximum Gasteiger partial charge on any atom is 0.270 e. The Kier molecular flexibility index (Phi) is 5.30. The van der Waals surface area contributed by atoms with Crippen molar-refractivity contribution in [1.82, 2.24) is 0 Å². The average Bonchev–Trinajstić information content (AvgIpc) is 2.47. The Morgan fingerprint density at radius 2 is 1.95 bits per heavy atom. The number of nitrogens with zero attached hydrogens (tertiary/aromatic N) is 1. The van der Waals surface area contributed by atoms with Crippen molar-refractivity contribution < 1.29 is 14.1 Å². The molecule has 0 unspecified atom stereocenters. The van der Waals surface area contributed by atoms with Crippen LogP contribution in [-0.2, 0) is 11.9 Å². The molecule has 21 heavy (non-hydrogen) atoms. The number of rotatable bonds is 5. The van der Waals surface area contributed by atoms with Gasteiger partial charge in [-0.3, -0.25) is 10.1 Å². The molecule has 0 spiro atoms. The molecule has 7 heteroatoms. The zero-order valence-electron chi connectivity index (χ0n) is 10.7. The van der Waals surface area contributed by atoms with Crippen molar-refractivity contribution in [3.63, 3.8) is 0 Å². The maximum atomic E-state index is 13.6. The number of halogens is 3. The van der Waals surface area contributed by atoms with Crippen LogP contribution in [0.4, 0.5) is 10.1 Å². The first-order valence-electron chi connectivity index (χ1n) is 5.91. The van der Waals surface area contributed by atoms with Crippen molar-refractivity contribution in [2.45, 2.75) is 11.9 Å². The smallest absolute Gasteiger partial charge is 0.270 e. The minimum absolute atomic E-state index is 0.00886. The molecular formula is C14H10Br2FNO3. The second-order valence-corrected chi connectivity index (χ2v) is 5.68. The van der Waals surface area contributed by atoms with Crippen molar-refractivity contribution >= 4 is 37.5 Å². The molecule has 0 aliphatic heterocycles. The molecule has 0 radical (unpaired) electrons. The molecule has 2 aromatic rings. The first-order valence-corrected chi connectivity index (χ1v) is 7.82. The number of hydrogen-bond acceptors (Lipinski definition) is 3. The molecule has 0 saturated carbocycles. The summed E-state index contributed by atoms with van der Waals surface area (Å²) in [6, 6.07) is 8.90. The highest BCUT2D eigenvalue weighted by molar-refractivity contribution is 9.10. The molecule has 2 aromatic carbocycles. The fourth-order valence-electron chi connectivity index (χ4n) is 1.73. The van der Waals surface area contributed by atoms with Gasteiger partial charge in [-0.2, -0.15) is 0 Å². The highest BCUT2D eigenvalue weighted by Crippen LogP contribution is 2.27. The summed E-state index contributed by atoms with van der Waals surface area (Å²) in [5, 5.41) is 11.1. The zero-order chi connectivity index (χ0) is 15.4. The van der Waals surface area contributed by atoms with Crippen molar-refractivity contribution in [3.05, 3.63) is 67.9 Å². The number of ether oxygens (including phenoxy) is 1. The minimum Gasteiger partial charge on any atom is -0.488 e. The summed E-state index contributed by atoms with van der Waals surface area (Å²) < 4.78 is 20.0. The van der Waals surface area contributed by atoms with E-state index in [-0.39, 0.29) is 18.1 Å². The fraction of sp³-hybridized carbons (Fsp3) is 0.143. The van der Waals surface area contributed by atoms with Gasteiger partial charge in [0.1, 0.15) is 18.2 Å². The molecule has 4 nitrogen and oxygen atoms in total. The number of non-ortho nitro benzene ring substituents is 1. The third kappa shape index (κ3) is 4.01. The van der Waals surface area contributed by atoms with E-state index in [2.05, 4.69) is 31.9 Å². The highest BCUT2D eigenvalue weighted by Gasteiger charge is 2.12. The lowest BCUT2D eigenvalue weighted by molar-refractivity contribution is -0.384. The van der Waals surface area contributed by atoms with E-state index in [1.807, 2.05) is 0 Å². The molecule has 0 N–H and O–H groups in total. The van der Waals surface area contributed by atoms with Crippen molar-refractivity contribution in [2.75, 3.05) is 0 Å². The van der Waals surface area contributed by atoms with E-state index in [1.165, 1.54) is 24.3 Å². The van der Waals surface area contributed by atoms with Gasteiger partial charge in [-0.25, -0.2) is 4.39 Å². The summed E-state index contributed by atoms with van der Waals surface area (Å²) in [6.07, 6.45) is 0. The Morgan fingerprint density at radius 1 is 1.19 bits per heavy atom. The monoisotopic (exact) mass is 417 g/mol. The van der Waals surface area contributed by atoms with E-state index in [0.717, 1.165) is 4.47 Å². The third-order valence-electron chi connectivity index (χ3n) is 2.79. The van der Waals surface area contributed by atoms with Gasteiger partial charge in [0.2, 0.25) is 0 Å². The van der Waals surface area contributed by atoms with Gasteiger partial charge >= 0.3 is 0 Å². The lowest BCUT2D eigenvalue weighted by Gasteiger charge is -2.11. The lowest BCUT2D eigenvalue weighted by Crippen LogP contribution is -2.01. The third-order valence-corrected chi connectivity index (χ3v) is 3.89. The van der Waals surface area contributed by atoms with E-state index >= 15 is 0 Å². The predicted octanol–water partition coefficient (Wildman–Crippen LogP) is 4.97. The normalized spacial score (nSPS) is 10.4. The van der Waals surface area contributed by atoms with Crippen molar-refractivity contribution in [1.29, 1.82) is 0 Å². The van der Waals surface area contributed by atoms with Crippen molar-refractivity contribution in [3.8, 4) is 5.75 Å². The van der Waals surface area contributed by atoms with Gasteiger partial charge in [0.05, 0.1) is 4.92 Å². The van der Waals surface area contributed by atoms with E-state index < -0.39 is 4.92 Å². The molecule has 0 amide bonds. The molecular weight excluding hydrogens is 409 g/mol. The standard InChI is InChI=1S/C14H10Br2FNO3/c15-7-9-6-12(18(19)20)2-4-14(9)21-8-10-5-11(16)1-3-13(10)17/h1-6H,7-8H2. The highest BCUT2D eigenvalue weighted by atomic mass is 79.9. The minimum atomic E-state index is -0.468. The van der Waals surface area contributed by atoms with Gasteiger partial charge in [-0.05, 0) is 24.3 Å². The van der Waals surface area contributed by atoms with E-state index in [1.54, 1.807) is 12.1 Å². The number of nitro groups is 1.